The van der Waals surface area contributed by atoms with Crippen LogP contribution in [0.4, 0.5) is 0 Å². The van der Waals surface area contributed by atoms with Crippen molar-refractivity contribution in [2.45, 2.75) is 61.4 Å². The molecule has 0 bridgehead atoms. The Kier molecular flexibility index (Phi) is 6.27. The van der Waals surface area contributed by atoms with E-state index in [1.165, 1.54) is 0 Å². The maximum absolute atomic E-state index is 9.84. The van der Waals surface area contributed by atoms with Crippen molar-refractivity contribution in [3.63, 3.8) is 0 Å². The maximum atomic E-state index is 9.84. The first kappa shape index (κ1) is 18.9. The minimum absolute atomic E-state index is 0.667. The minimum atomic E-state index is -1.72. The highest BCUT2D eigenvalue weighted by atomic mass is 16.8. The van der Waals surface area contributed by atoms with Crippen molar-refractivity contribution in [3.8, 4) is 0 Å². The Hall–Kier alpha value is -0.440. The van der Waals surface area contributed by atoms with Gasteiger partial charge in [0.1, 0.15) is 48.8 Å². The lowest BCUT2D eigenvalue weighted by molar-refractivity contribution is -0.376. The molecule has 11 heteroatoms. The Morgan fingerprint density at radius 1 is 0.565 bits per heavy atom. The standard InChI is InChI=1S/C12H22O11/c13-1-3-5(15)7(17)9(19)11(21-3)23-12-10(20)8(18)6(16)4(2-14)22-12/h3-20H,1-2H2/t3-,4-,5-,6-,7+,8+,9-,10-,11-,12-/m1/s1/i5+1. The van der Waals surface area contributed by atoms with Gasteiger partial charge in [-0.2, -0.15) is 0 Å². The molecule has 2 rings (SSSR count). The fourth-order valence-corrected chi connectivity index (χ4v) is 2.49. The Balaban J connectivity index is 2.07. The van der Waals surface area contributed by atoms with Crippen LogP contribution in [0.1, 0.15) is 0 Å². The van der Waals surface area contributed by atoms with Gasteiger partial charge in [0.25, 0.3) is 0 Å². The summed E-state index contributed by atoms with van der Waals surface area (Å²) in [5, 5.41) is 76.4. The quantitative estimate of drug-likeness (QED) is 0.227. The summed E-state index contributed by atoms with van der Waals surface area (Å²) in [6.45, 7) is -1.33. The van der Waals surface area contributed by atoms with Crippen molar-refractivity contribution in [2.24, 2.45) is 0 Å². The Morgan fingerprint density at radius 3 is 1.22 bits per heavy atom. The van der Waals surface area contributed by atoms with Gasteiger partial charge in [0.05, 0.1) is 13.2 Å². The molecular formula is C12H22O11. The second-order valence-electron chi connectivity index (χ2n) is 5.53. The van der Waals surface area contributed by atoms with Gasteiger partial charge in [0.15, 0.2) is 12.6 Å². The third kappa shape index (κ3) is 3.65. The van der Waals surface area contributed by atoms with Crippen molar-refractivity contribution in [2.75, 3.05) is 13.2 Å². The zero-order valence-corrected chi connectivity index (χ0v) is 12.0. The number of hydrogen-bond donors (Lipinski definition) is 8. The van der Waals surface area contributed by atoms with Crippen LogP contribution >= 0.6 is 0 Å². The molecule has 2 heterocycles. The fraction of sp³-hybridized carbons (Fsp3) is 1.00. The summed E-state index contributed by atoms with van der Waals surface area (Å²) in [4.78, 5) is 0. The van der Waals surface area contributed by atoms with Crippen molar-refractivity contribution < 1.29 is 55.1 Å². The van der Waals surface area contributed by atoms with E-state index < -0.39 is 74.6 Å². The monoisotopic (exact) mass is 343 g/mol. The maximum Gasteiger partial charge on any atom is 0.189 e. The van der Waals surface area contributed by atoms with Crippen molar-refractivity contribution in [3.05, 3.63) is 0 Å². The van der Waals surface area contributed by atoms with Crippen LogP contribution in [-0.2, 0) is 14.2 Å². The van der Waals surface area contributed by atoms with Crippen LogP contribution in [0, 0.1) is 0 Å². The molecule has 10 atom stereocenters. The van der Waals surface area contributed by atoms with Crippen LogP contribution in [0.2, 0.25) is 0 Å². The van der Waals surface area contributed by atoms with Crippen molar-refractivity contribution in [1.82, 2.24) is 0 Å². The van der Waals surface area contributed by atoms with E-state index in [1.807, 2.05) is 0 Å². The minimum Gasteiger partial charge on any atom is -0.394 e. The molecule has 0 aromatic rings. The second-order valence-corrected chi connectivity index (χ2v) is 5.53. The van der Waals surface area contributed by atoms with E-state index in [9.17, 15) is 30.6 Å². The lowest BCUT2D eigenvalue weighted by Crippen LogP contribution is -2.63. The molecule has 0 saturated carbocycles. The lowest BCUT2D eigenvalue weighted by atomic mass is 9.99. The smallest absolute Gasteiger partial charge is 0.189 e. The Labute approximate surface area is 130 Å². The molecule has 0 unspecified atom stereocenters. The fourth-order valence-electron chi connectivity index (χ4n) is 2.49. The van der Waals surface area contributed by atoms with Crippen LogP contribution in [0.15, 0.2) is 0 Å². The molecule has 8 N–H and O–H groups in total. The van der Waals surface area contributed by atoms with Gasteiger partial charge in [-0.3, -0.25) is 0 Å². The average molecular weight is 343 g/mol. The molecule has 0 aliphatic carbocycles. The van der Waals surface area contributed by atoms with Gasteiger partial charge in [-0.1, -0.05) is 0 Å². The van der Waals surface area contributed by atoms with E-state index >= 15 is 0 Å². The molecule has 2 aliphatic heterocycles. The zero-order valence-electron chi connectivity index (χ0n) is 12.0. The van der Waals surface area contributed by atoms with Gasteiger partial charge >= 0.3 is 0 Å². The van der Waals surface area contributed by atoms with Gasteiger partial charge in [-0.25, -0.2) is 0 Å². The summed E-state index contributed by atoms with van der Waals surface area (Å²) >= 11 is 0. The lowest BCUT2D eigenvalue weighted by Gasteiger charge is -2.44. The topological polar surface area (TPSA) is 190 Å². The first-order valence-corrected chi connectivity index (χ1v) is 7.08. The van der Waals surface area contributed by atoms with Gasteiger partial charge in [-0.15, -0.1) is 0 Å². The van der Waals surface area contributed by atoms with E-state index in [2.05, 4.69) is 0 Å². The summed E-state index contributed by atoms with van der Waals surface area (Å²) < 4.78 is 15.3. The van der Waals surface area contributed by atoms with Gasteiger partial charge in [0.2, 0.25) is 0 Å². The predicted octanol–water partition coefficient (Wildman–Crippen LogP) is -5.40. The molecule has 2 saturated heterocycles. The van der Waals surface area contributed by atoms with Crippen LogP contribution in [0.5, 0.6) is 0 Å². The molecule has 2 fully saturated rings. The van der Waals surface area contributed by atoms with E-state index in [4.69, 9.17) is 24.4 Å². The Bertz CT molecular complexity index is 344. The van der Waals surface area contributed by atoms with E-state index in [-0.39, 0.29) is 0 Å². The third-order valence-corrected chi connectivity index (χ3v) is 3.97. The summed E-state index contributed by atoms with van der Waals surface area (Å²) in [5.74, 6) is 0. The first-order chi connectivity index (χ1) is 10.8. The van der Waals surface area contributed by atoms with Crippen LogP contribution in [0.3, 0.4) is 0 Å². The van der Waals surface area contributed by atoms with Gasteiger partial charge in [0, 0.05) is 0 Å². The second kappa shape index (κ2) is 7.63. The highest BCUT2D eigenvalue weighted by molar-refractivity contribution is 4.92. The van der Waals surface area contributed by atoms with Crippen molar-refractivity contribution >= 4 is 0 Å². The van der Waals surface area contributed by atoms with Gasteiger partial charge in [-0.05, 0) is 0 Å². The zero-order chi connectivity index (χ0) is 17.3. The largest absolute Gasteiger partial charge is 0.394 e. The molecule has 0 radical (unpaired) electrons. The van der Waals surface area contributed by atoms with Crippen molar-refractivity contribution in [1.29, 1.82) is 0 Å². The number of hydrogen-bond acceptors (Lipinski definition) is 11. The van der Waals surface area contributed by atoms with Crippen LogP contribution in [0.25, 0.3) is 0 Å². The molecule has 11 nitrogen and oxygen atoms in total. The van der Waals surface area contributed by atoms with E-state index in [0.717, 1.165) is 0 Å². The summed E-state index contributed by atoms with van der Waals surface area (Å²) in [6, 6.07) is 0. The normalized spacial score (nSPS) is 51.7. The third-order valence-electron chi connectivity index (χ3n) is 3.97. The number of aliphatic hydroxyl groups is 8. The highest BCUT2D eigenvalue weighted by Gasteiger charge is 2.49. The SMILES string of the molecule is OC[C@H]1O[C@H](O[C@H]2O[C@H](CO)[13C@@H](O)[C@H](O)[C@H]2O)[C@H](O)[C@@H](O)[C@@H]1O. The summed E-state index contributed by atoms with van der Waals surface area (Å²) in [7, 11) is 0. The molecule has 0 aromatic carbocycles. The van der Waals surface area contributed by atoms with Crippen LogP contribution in [-0.4, -0.2) is 115 Å². The molecule has 0 spiro atoms. The molecule has 0 amide bonds. The number of ether oxygens (including phenoxy) is 3. The van der Waals surface area contributed by atoms with Crippen LogP contribution < -0.4 is 0 Å². The molecule has 136 valence electrons. The molecule has 23 heavy (non-hydrogen) atoms. The number of aliphatic hydroxyl groups excluding tert-OH is 8. The molecule has 0 aromatic heterocycles. The number of rotatable bonds is 4. The summed E-state index contributed by atoms with van der Waals surface area (Å²) in [5.41, 5.74) is 0. The highest BCUT2D eigenvalue weighted by Crippen LogP contribution is 2.27. The van der Waals surface area contributed by atoms with Gasteiger partial charge < -0.3 is 55.1 Å². The first-order valence-electron chi connectivity index (χ1n) is 7.08. The Morgan fingerprint density at radius 2 is 0.913 bits per heavy atom. The molecular weight excluding hydrogens is 321 g/mol. The summed E-state index contributed by atoms with van der Waals surface area (Å²) in [6.07, 6.45) is -15.6. The van der Waals surface area contributed by atoms with E-state index in [0.29, 0.717) is 0 Å². The molecule has 2 aliphatic rings. The predicted molar refractivity (Wildman–Crippen MR) is 68.6 cm³/mol. The van der Waals surface area contributed by atoms with E-state index in [1.54, 1.807) is 0 Å². The average Bonchev–Trinajstić information content (AvgIpc) is 2.55.